The van der Waals surface area contributed by atoms with Crippen LogP contribution in [0, 0.1) is 13.8 Å². The van der Waals surface area contributed by atoms with Crippen molar-refractivity contribution in [2.45, 2.75) is 20.8 Å². The molecule has 2 aromatic rings. The van der Waals surface area contributed by atoms with Crippen LogP contribution in [0.5, 0.6) is 0 Å². The number of aromatic nitrogens is 2. The molecule has 0 bridgehead atoms. The molecule has 0 amide bonds. The van der Waals surface area contributed by atoms with Crippen molar-refractivity contribution < 1.29 is 0 Å². The number of thiazole rings is 1. The van der Waals surface area contributed by atoms with Gasteiger partial charge in [0.25, 0.3) is 0 Å². The van der Waals surface area contributed by atoms with E-state index in [0.717, 1.165) is 28.6 Å². The van der Waals surface area contributed by atoms with Crippen LogP contribution < -0.4 is 10.7 Å². The fraction of sp³-hybridized carbons (Fsp3) is 0.308. The third-order valence-electron chi connectivity index (χ3n) is 2.79. The average molecular weight is 307 g/mol. The van der Waals surface area contributed by atoms with Crippen LogP contribution in [0.15, 0.2) is 22.7 Å². The second-order valence-electron chi connectivity index (χ2n) is 4.21. The highest BCUT2D eigenvalue weighted by Crippen LogP contribution is 2.20. The molecule has 0 aromatic carbocycles. The molecule has 20 heavy (non-hydrogen) atoms. The molecule has 0 spiro atoms. The van der Waals surface area contributed by atoms with Crippen LogP contribution in [0.4, 0.5) is 0 Å². The zero-order valence-corrected chi connectivity index (χ0v) is 13.3. The highest BCUT2D eigenvalue weighted by Gasteiger charge is 2.10. The minimum atomic E-state index is 0.525. The van der Waals surface area contributed by atoms with Gasteiger partial charge in [0.2, 0.25) is 0 Å². The van der Waals surface area contributed by atoms with Gasteiger partial charge in [-0.1, -0.05) is 0 Å². The van der Waals surface area contributed by atoms with Crippen LogP contribution >= 0.6 is 23.6 Å². The Morgan fingerprint density at radius 3 is 3.00 bits per heavy atom. The molecule has 0 saturated heterocycles. The standard InChI is InChI=1S/C13H17N5S2/c1-4-14-12(19)17-16-8-11-7-9(2)18(10(11)3)13-15-5-6-20-13/h5-8H,4H2,1-3H3,(H2,14,17,19)/b16-8-. The van der Waals surface area contributed by atoms with Gasteiger partial charge in [0, 0.05) is 35.1 Å². The average Bonchev–Trinajstić information content (AvgIpc) is 2.99. The lowest BCUT2D eigenvalue weighted by Gasteiger charge is -2.04. The number of nitrogens with one attached hydrogen (secondary N) is 2. The van der Waals surface area contributed by atoms with Crippen molar-refractivity contribution in [3.63, 3.8) is 0 Å². The molecule has 7 heteroatoms. The lowest BCUT2D eigenvalue weighted by Crippen LogP contribution is -2.31. The number of hydrogen-bond donors (Lipinski definition) is 2. The molecule has 2 heterocycles. The molecule has 5 nitrogen and oxygen atoms in total. The summed E-state index contributed by atoms with van der Waals surface area (Å²) >= 11 is 6.66. The van der Waals surface area contributed by atoms with Gasteiger partial charge in [0.15, 0.2) is 10.2 Å². The summed E-state index contributed by atoms with van der Waals surface area (Å²) in [5, 5.41) is 10.6. The zero-order chi connectivity index (χ0) is 14.5. The first-order valence-electron chi connectivity index (χ1n) is 6.29. The van der Waals surface area contributed by atoms with Crippen molar-refractivity contribution >= 4 is 34.9 Å². The van der Waals surface area contributed by atoms with Crippen molar-refractivity contribution in [3.8, 4) is 5.13 Å². The summed E-state index contributed by atoms with van der Waals surface area (Å²) < 4.78 is 2.12. The Labute approximate surface area is 127 Å². The zero-order valence-electron chi connectivity index (χ0n) is 11.7. The maximum absolute atomic E-state index is 5.05. The van der Waals surface area contributed by atoms with Gasteiger partial charge in [0.1, 0.15) is 0 Å². The first-order chi connectivity index (χ1) is 9.63. The molecule has 2 N–H and O–H groups in total. The summed E-state index contributed by atoms with van der Waals surface area (Å²) in [6.07, 6.45) is 3.58. The Morgan fingerprint density at radius 2 is 2.35 bits per heavy atom. The molecule has 0 fully saturated rings. The van der Waals surface area contributed by atoms with E-state index >= 15 is 0 Å². The lowest BCUT2D eigenvalue weighted by atomic mass is 10.3. The van der Waals surface area contributed by atoms with Gasteiger partial charge in [0.05, 0.1) is 6.21 Å². The molecular formula is C13H17N5S2. The van der Waals surface area contributed by atoms with Crippen LogP contribution in [0.25, 0.3) is 5.13 Å². The monoisotopic (exact) mass is 307 g/mol. The number of hydrogen-bond acceptors (Lipinski definition) is 4. The minimum absolute atomic E-state index is 0.525. The Kier molecular flexibility index (Phi) is 4.86. The Bertz CT molecular complexity index is 613. The summed E-state index contributed by atoms with van der Waals surface area (Å²) in [5.74, 6) is 0. The lowest BCUT2D eigenvalue weighted by molar-refractivity contribution is 0.903. The molecular weight excluding hydrogens is 290 g/mol. The fourth-order valence-electron chi connectivity index (χ4n) is 1.90. The Hall–Kier alpha value is -1.73. The predicted molar refractivity (Wildman–Crippen MR) is 87.9 cm³/mol. The molecule has 0 radical (unpaired) electrons. The highest BCUT2D eigenvalue weighted by atomic mass is 32.1. The van der Waals surface area contributed by atoms with Crippen molar-refractivity contribution in [1.82, 2.24) is 20.3 Å². The molecule has 0 aliphatic rings. The Morgan fingerprint density at radius 1 is 1.55 bits per heavy atom. The first kappa shape index (κ1) is 14.7. The smallest absolute Gasteiger partial charge is 0.193 e. The van der Waals surface area contributed by atoms with E-state index in [2.05, 4.69) is 45.3 Å². The molecule has 2 aromatic heterocycles. The van der Waals surface area contributed by atoms with Crippen molar-refractivity contribution in [2.24, 2.45) is 5.10 Å². The predicted octanol–water partition coefficient (Wildman–Crippen LogP) is 2.37. The number of nitrogens with zero attached hydrogens (tertiary/aromatic N) is 3. The van der Waals surface area contributed by atoms with Gasteiger partial charge < -0.3 is 5.32 Å². The SMILES string of the molecule is CCNC(=S)N/N=C\c1cc(C)n(-c2nccs2)c1C. The maximum atomic E-state index is 5.05. The van der Waals surface area contributed by atoms with Crippen molar-refractivity contribution in [2.75, 3.05) is 6.54 Å². The summed E-state index contributed by atoms with van der Waals surface area (Å²) in [4.78, 5) is 4.34. The maximum Gasteiger partial charge on any atom is 0.193 e. The topological polar surface area (TPSA) is 54.2 Å². The third-order valence-corrected chi connectivity index (χ3v) is 3.78. The van der Waals surface area contributed by atoms with E-state index in [-0.39, 0.29) is 0 Å². The largest absolute Gasteiger partial charge is 0.362 e. The molecule has 0 atom stereocenters. The third kappa shape index (κ3) is 3.23. The van der Waals surface area contributed by atoms with Gasteiger partial charge in [-0.15, -0.1) is 11.3 Å². The van der Waals surface area contributed by atoms with E-state index in [0.29, 0.717) is 5.11 Å². The molecule has 0 unspecified atom stereocenters. The van der Waals surface area contributed by atoms with E-state index in [1.54, 1.807) is 17.6 Å². The van der Waals surface area contributed by atoms with E-state index in [4.69, 9.17) is 12.2 Å². The second kappa shape index (κ2) is 6.62. The summed E-state index contributed by atoms with van der Waals surface area (Å²) in [7, 11) is 0. The molecule has 2 rings (SSSR count). The van der Waals surface area contributed by atoms with Crippen LogP contribution in [0.3, 0.4) is 0 Å². The fourth-order valence-corrected chi connectivity index (χ4v) is 2.85. The van der Waals surface area contributed by atoms with Gasteiger partial charge in [-0.3, -0.25) is 9.99 Å². The van der Waals surface area contributed by atoms with Crippen molar-refractivity contribution in [3.05, 3.63) is 34.6 Å². The van der Waals surface area contributed by atoms with Crippen molar-refractivity contribution in [1.29, 1.82) is 0 Å². The molecule has 0 saturated carbocycles. The van der Waals surface area contributed by atoms with E-state index in [1.165, 1.54) is 0 Å². The summed E-state index contributed by atoms with van der Waals surface area (Å²) in [6, 6.07) is 2.08. The van der Waals surface area contributed by atoms with E-state index in [1.807, 2.05) is 18.5 Å². The van der Waals surface area contributed by atoms with E-state index < -0.39 is 0 Å². The van der Waals surface area contributed by atoms with E-state index in [9.17, 15) is 0 Å². The highest BCUT2D eigenvalue weighted by molar-refractivity contribution is 7.80. The summed E-state index contributed by atoms with van der Waals surface area (Å²) in [5.41, 5.74) is 6.08. The van der Waals surface area contributed by atoms with Gasteiger partial charge in [-0.2, -0.15) is 5.10 Å². The number of rotatable bonds is 4. The summed E-state index contributed by atoms with van der Waals surface area (Å²) in [6.45, 7) is 6.88. The normalized spacial score (nSPS) is 10.9. The molecule has 0 aliphatic heterocycles. The first-order valence-corrected chi connectivity index (χ1v) is 7.58. The van der Waals surface area contributed by atoms with Gasteiger partial charge >= 0.3 is 0 Å². The van der Waals surface area contributed by atoms with Crippen LogP contribution in [0.1, 0.15) is 23.9 Å². The number of aryl methyl sites for hydroxylation is 1. The molecule has 106 valence electrons. The Balaban J connectivity index is 2.16. The van der Waals surface area contributed by atoms with Crippen LogP contribution in [0.2, 0.25) is 0 Å². The quantitative estimate of drug-likeness (QED) is 0.517. The molecule has 0 aliphatic carbocycles. The van der Waals surface area contributed by atoms with Gasteiger partial charge in [-0.05, 0) is 39.1 Å². The number of hydrazone groups is 1. The second-order valence-corrected chi connectivity index (χ2v) is 5.49. The number of thiocarbonyl (C=S) groups is 1. The van der Waals surface area contributed by atoms with Crippen LogP contribution in [-0.4, -0.2) is 27.4 Å². The van der Waals surface area contributed by atoms with Crippen LogP contribution in [-0.2, 0) is 0 Å². The minimum Gasteiger partial charge on any atom is -0.362 e. The van der Waals surface area contributed by atoms with Gasteiger partial charge in [-0.25, -0.2) is 4.98 Å².